The van der Waals surface area contributed by atoms with Crippen molar-refractivity contribution in [3.05, 3.63) is 46.6 Å². The number of unbranched alkanes of at least 4 members (excludes halogenated alkanes) is 1. The Kier molecular flexibility index (Phi) is 12.7. The number of hydrogen-bond acceptors (Lipinski definition) is 10. The Hall–Kier alpha value is -3.07. The van der Waals surface area contributed by atoms with Crippen LogP contribution in [0.1, 0.15) is 74.3 Å². The molecule has 3 rings (SSSR count). The van der Waals surface area contributed by atoms with Crippen molar-refractivity contribution in [3.63, 3.8) is 0 Å². The first kappa shape index (κ1) is 33.4. The number of aromatic amines is 1. The summed E-state index contributed by atoms with van der Waals surface area (Å²) in [5, 5.41) is 50.2. The van der Waals surface area contributed by atoms with Crippen molar-refractivity contribution >= 4 is 11.8 Å². The van der Waals surface area contributed by atoms with Crippen molar-refractivity contribution in [3.8, 4) is 5.88 Å². The topological polar surface area (TPSA) is 226 Å². The van der Waals surface area contributed by atoms with Gasteiger partial charge in [-0.15, -0.1) is 5.10 Å². The lowest BCUT2D eigenvalue weighted by Crippen LogP contribution is -2.60. The van der Waals surface area contributed by atoms with Gasteiger partial charge in [0, 0.05) is 30.6 Å². The third kappa shape index (κ3) is 9.21. The number of aliphatic hydroxyl groups is 4. The molecular formula is C29H45N5O8. The summed E-state index contributed by atoms with van der Waals surface area (Å²) in [6.07, 6.45) is -2.69. The molecule has 13 nitrogen and oxygen atoms in total. The number of nitrogens with two attached hydrogens (primary N) is 2. The maximum atomic E-state index is 12.1. The molecule has 42 heavy (non-hydrogen) atoms. The summed E-state index contributed by atoms with van der Waals surface area (Å²) in [5.74, 6) is -0.231. The first-order chi connectivity index (χ1) is 20.0. The van der Waals surface area contributed by atoms with Crippen LogP contribution in [0, 0.1) is 0 Å². The van der Waals surface area contributed by atoms with Crippen LogP contribution in [0.3, 0.4) is 0 Å². The van der Waals surface area contributed by atoms with E-state index in [1.54, 1.807) is 0 Å². The monoisotopic (exact) mass is 591 g/mol. The molecule has 1 aromatic carbocycles. The van der Waals surface area contributed by atoms with E-state index in [-0.39, 0.29) is 17.7 Å². The van der Waals surface area contributed by atoms with Crippen molar-refractivity contribution in [2.45, 2.75) is 101 Å². The maximum Gasteiger partial charge on any atom is 0.238 e. The highest BCUT2D eigenvalue weighted by Crippen LogP contribution is 2.31. The molecule has 2 aromatic rings. The van der Waals surface area contributed by atoms with Gasteiger partial charge in [0.1, 0.15) is 24.4 Å². The summed E-state index contributed by atoms with van der Waals surface area (Å²) in [5.41, 5.74) is 14.4. The molecule has 0 aliphatic carbocycles. The second-order valence-corrected chi connectivity index (χ2v) is 11.1. The molecule has 0 spiro atoms. The molecule has 6 atom stereocenters. The molecule has 2 heterocycles. The number of ether oxygens (including phenoxy) is 2. The van der Waals surface area contributed by atoms with Crippen molar-refractivity contribution < 1.29 is 39.5 Å². The van der Waals surface area contributed by atoms with Crippen molar-refractivity contribution in [2.24, 2.45) is 11.5 Å². The molecule has 13 heteroatoms. The van der Waals surface area contributed by atoms with Crippen LogP contribution in [-0.4, -0.2) is 92.3 Å². The Balaban J connectivity index is 1.51. The fourth-order valence-electron chi connectivity index (χ4n) is 4.81. The predicted molar refractivity (Wildman–Crippen MR) is 153 cm³/mol. The van der Waals surface area contributed by atoms with Crippen molar-refractivity contribution in [2.75, 3.05) is 13.2 Å². The Morgan fingerprint density at radius 1 is 1.07 bits per heavy atom. The van der Waals surface area contributed by atoms with Crippen LogP contribution in [0.2, 0.25) is 0 Å². The zero-order chi connectivity index (χ0) is 30.8. The summed E-state index contributed by atoms with van der Waals surface area (Å²) in [4.78, 5) is 23.1. The molecule has 1 aromatic heterocycles. The highest BCUT2D eigenvalue weighted by atomic mass is 16.7. The number of nitrogens with zero attached hydrogens (tertiary/aromatic N) is 1. The predicted octanol–water partition coefficient (Wildman–Crippen LogP) is -0.276. The molecule has 2 amide bonds. The van der Waals surface area contributed by atoms with Crippen LogP contribution in [0.25, 0.3) is 0 Å². The van der Waals surface area contributed by atoms with Gasteiger partial charge in [0.15, 0.2) is 0 Å². The number of amides is 2. The van der Waals surface area contributed by atoms with Gasteiger partial charge in [0.2, 0.25) is 24.0 Å². The summed E-state index contributed by atoms with van der Waals surface area (Å²) in [6, 6.07) is 7.39. The SMILES string of the molecule is CC(C)c1[nH]nc(O[C@@H]2O[C@H](CO)[C@H](O)[C@H](O)[C@H]2O)c1Cc1ccc(CCCC(=O)NCCCC[C@H](N)C(N)=O)cc1. The average Bonchev–Trinajstić information content (AvgIpc) is 3.35. The lowest BCUT2D eigenvalue weighted by atomic mass is 9.97. The molecule has 234 valence electrons. The van der Waals surface area contributed by atoms with Crippen LogP contribution in [0.5, 0.6) is 5.88 Å². The first-order valence-electron chi connectivity index (χ1n) is 14.5. The van der Waals surface area contributed by atoms with Gasteiger partial charge in [-0.1, -0.05) is 38.1 Å². The number of aryl methyl sites for hydroxylation is 1. The van der Waals surface area contributed by atoms with Gasteiger partial charge < -0.3 is 46.7 Å². The van der Waals surface area contributed by atoms with Crippen LogP contribution in [0.4, 0.5) is 0 Å². The number of rotatable bonds is 16. The van der Waals surface area contributed by atoms with E-state index in [1.807, 2.05) is 38.1 Å². The van der Waals surface area contributed by atoms with Gasteiger partial charge >= 0.3 is 0 Å². The van der Waals surface area contributed by atoms with Crippen LogP contribution in [0.15, 0.2) is 24.3 Å². The quantitative estimate of drug-likeness (QED) is 0.119. The molecule has 1 aliphatic heterocycles. The standard InChI is InChI=1S/C29H45N5O8/c1-16(2)23-19(28(34-33-23)42-29-26(39)25(38)24(37)21(15-35)41-29)14-18-11-9-17(10-12-18)6-5-8-22(36)32-13-4-3-7-20(30)27(31)40/h9-12,16,20-21,24-26,29,35,37-39H,3-8,13-15,30H2,1-2H3,(H2,31,40)(H,32,36)(H,33,34)/t20-,21+,24-,25-,26+,29-/m0/s1. The maximum absolute atomic E-state index is 12.1. The van der Waals surface area contributed by atoms with Crippen LogP contribution >= 0.6 is 0 Å². The van der Waals surface area contributed by atoms with Gasteiger partial charge in [-0.05, 0) is 49.1 Å². The lowest BCUT2D eigenvalue weighted by molar-refractivity contribution is -0.278. The normalized spacial score (nSPS) is 23.1. The van der Waals surface area contributed by atoms with Crippen molar-refractivity contribution in [1.82, 2.24) is 15.5 Å². The smallest absolute Gasteiger partial charge is 0.238 e. The summed E-state index contributed by atoms with van der Waals surface area (Å²) >= 11 is 0. The Morgan fingerprint density at radius 3 is 2.40 bits per heavy atom. The van der Waals surface area contributed by atoms with Crippen LogP contribution < -0.4 is 21.5 Å². The minimum absolute atomic E-state index is 0.0149. The summed E-state index contributed by atoms with van der Waals surface area (Å²) in [7, 11) is 0. The number of nitrogens with one attached hydrogen (secondary N) is 2. The molecular weight excluding hydrogens is 546 g/mol. The van der Waals surface area contributed by atoms with E-state index in [9.17, 15) is 30.0 Å². The van der Waals surface area contributed by atoms with E-state index in [2.05, 4.69) is 15.5 Å². The molecule has 10 N–H and O–H groups in total. The first-order valence-corrected chi connectivity index (χ1v) is 14.5. The zero-order valence-electron chi connectivity index (χ0n) is 24.2. The minimum atomic E-state index is -1.55. The van der Waals surface area contributed by atoms with Gasteiger partial charge in [-0.2, -0.15) is 0 Å². The number of primary amides is 1. The third-order valence-electron chi connectivity index (χ3n) is 7.42. The summed E-state index contributed by atoms with van der Waals surface area (Å²) in [6.45, 7) is 4.00. The molecule has 0 unspecified atom stereocenters. The number of carbonyl (C=O) groups excluding carboxylic acids is 2. The number of aromatic nitrogens is 2. The van der Waals surface area contributed by atoms with Gasteiger partial charge in [-0.3, -0.25) is 14.7 Å². The number of H-pyrrole nitrogens is 1. The highest BCUT2D eigenvalue weighted by Gasteiger charge is 2.45. The second-order valence-electron chi connectivity index (χ2n) is 11.1. The lowest BCUT2D eigenvalue weighted by Gasteiger charge is -2.39. The average molecular weight is 592 g/mol. The van der Waals surface area contributed by atoms with E-state index in [0.717, 1.165) is 41.6 Å². The van der Waals surface area contributed by atoms with E-state index in [1.165, 1.54) is 0 Å². The van der Waals surface area contributed by atoms with Crippen molar-refractivity contribution in [1.29, 1.82) is 0 Å². The second kappa shape index (κ2) is 16.0. The van der Waals surface area contributed by atoms with E-state index in [4.69, 9.17) is 20.9 Å². The minimum Gasteiger partial charge on any atom is -0.443 e. The highest BCUT2D eigenvalue weighted by molar-refractivity contribution is 5.79. The van der Waals surface area contributed by atoms with Gasteiger partial charge in [0.05, 0.1) is 12.6 Å². The number of aliphatic hydroxyl groups excluding tert-OH is 4. The molecule has 1 aliphatic rings. The van der Waals surface area contributed by atoms with Gasteiger partial charge in [0.25, 0.3) is 0 Å². The van der Waals surface area contributed by atoms with Crippen LogP contribution in [-0.2, 0) is 27.2 Å². The largest absolute Gasteiger partial charge is 0.443 e. The molecule has 0 bridgehead atoms. The number of benzene rings is 1. The molecule has 0 radical (unpaired) electrons. The Labute approximate surface area is 245 Å². The Morgan fingerprint density at radius 2 is 1.76 bits per heavy atom. The van der Waals surface area contributed by atoms with E-state index < -0.39 is 49.3 Å². The number of hydrogen-bond donors (Lipinski definition) is 8. The molecule has 1 fully saturated rings. The molecule has 0 saturated carbocycles. The summed E-state index contributed by atoms with van der Waals surface area (Å²) < 4.78 is 11.3. The molecule has 1 saturated heterocycles. The fraction of sp³-hybridized carbons (Fsp3) is 0.621. The number of carbonyl (C=O) groups is 2. The third-order valence-corrected chi connectivity index (χ3v) is 7.42. The zero-order valence-corrected chi connectivity index (χ0v) is 24.2. The fourth-order valence-corrected chi connectivity index (χ4v) is 4.81. The Bertz CT molecular complexity index is 1140. The van der Waals surface area contributed by atoms with Gasteiger partial charge in [-0.25, -0.2) is 0 Å². The van der Waals surface area contributed by atoms with E-state index in [0.29, 0.717) is 32.2 Å². The van der Waals surface area contributed by atoms with E-state index >= 15 is 0 Å².